The third-order valence-electron chi connectivity index (χ3n) is 4.01. The van der Waals surface area contributed by atoms with E-state index in [1.807, 2.05) is 37.3 Å². The highest BCUT2D eigenvalue weighted by Crippen LogP contribution is 2.39. The minimum absolute atomic E-state index is 0.326. The van der Waals surface area contributed by atoms with Crippen molar-refractivity contribution in [1.82, 2.24) is 0 Å². The van der Waals surface area contributed by atoms with Gasteiger partial charge in [0.15, 0.2) is 11.5 Å². The number of ether oxygens (including phenoxy) is 3. The number of allylic oxidation sites excluding steroid dienone is 2. The van der Waals surface area contributed by atoms with Gasteiger partial charge in [0.2, 0.25) is 0 Å². The van der Waals surface area contributed by atoms with E-state index < -0.39 is 0 Å². The van der Waals surface area contributed by atoms with Crippen LogP contribution in [0, 0.1) is 0 Å². The van der Waals surface area contributed by atoms with E-state index in [2.05, 4.69) is 31.2 Å². The van der Waals surface area contributed by atoms with Gasteiger partial charge in [0.05, 0.1) is 14.2 Å². The lowest BCUT2D eigenvalue weighted by Crippen LogP contribution is -2.03. The van der Waals surface area contributed by atoms with E-state index in [9.17, 15) is 0 Å². The van der Waals surface area contributed by atoms with Gasteiger partial charge >= 0.3 is 0 Å². The molecule has 0 saturated carbocycles. The summed E-state index contributed by atoms with van der Waals surface area (Å²) in [6, 6.07) is 14.1. The lowest BCUT2D eigenvalue weighted by atomic mass is 9.96. The monoisotopic (exact) mass is 326 g/mol. The smallest absolute Gasteiger partial charge is 0.164 e. The number of rotatable bonds is 8. The van der Waals surface area contributed by atoms with Crippen molar-refractivity contribution in [1.29, 1.82) is 0 Å². The van der Waals surface area contributed by atoms with E-state index in [0.717, 1.165) is 29.0 Å². The summed E-state index contributed by atoms with van der Waals surface area (Å²) >= 11 is 0. The summed E-state index contributed by atoms with van der Waals surface area (Å²) < 4.78 is 17.0. The van der Waals surface area contributed by atoms with Gasteiger partial charge < -0.3 is 14.2 Å². The zero-order chi connectivity index (χ0) is 17.4. The minimum Gasteiger partial charge on any atom is -0.493 e. The molecule has 0 saturated heterocycles. The fraction of sp³-hybridized carbons (Fsp3) is 0.333. The van der Waals surface area contributed by atoms with Crippen molar-refractivity contribution in [2.75, 3.05) is 14.2 Å². The molecular formula is C21H26O3. The van der Waals surface area contributed by atoms with Crippen LogP contribution in [0.25, 0.3) is 0 Å². The van der Waals surface area contributed by atoms with Crippen LogP contribution < -0.4 is 14.2 Å². The Morgan fingerprint density at radius 1 is 0.958 bits per heavy atom. The second-order valence-corrected chi connectivity index (χ2v) is 5.73. The Morgan fingerprint density at radius 2 is 1.62 bits per heavy atom. The molecule has 0 fully saturated rings. The zero-order valence-electron chi connectivity index (χ0n) is 14.9. The molecule has 0 spiro atoms. The largest absolute Gasteiger partial charge is 0.493 e. The van der Waals surface area contributed by atoms with E-state index in [1.54, 1.807) is 14.2 Å². The highest BCUT2D eigenvalue weighted by atomic mass is 16.5. The minimum atomic E-state index is 0.326. The van der Waals surface area contributed by atoms with Gasteiger partial charge in [0, 0.05) is 11.6 Å². The first kappa shape index (κ1) is 17.9. The third kappa shape index (κ3) is 4.54. The van der Waals surface area contributed by atoms with Crippen LogP contribution in [0.2, 0.25) is 0 Å². The molecule has 0 aromatic heterocycles. The molecule has 3 heteroatoms. The van der Waals surface area contributed by atoms with Crippen LogP contribution in [0.5, 0.6) is 17.2 Å². The molecule has 0 aliphatic carbocycles. The number of hydrogen-bond acceptors (Lipinski definition) is 3. The standard InChI is InChI=1S/C21H26O3/c1-5-6-10-16(2)18-13-20(22-3)21(23-4)14-19(18)24-15-17-11-8-7-9-12-17/h5-9,11-14,16H,10,15H2,1-4H3/b6-5-. The van der Waals surface area contributed by atoms with Crippen molar-refractivity contribution in [2.45, 2.75) is 32.8 Å². The van der Waals surface area contributed by atoms with Gasteiger partial charge in [-0.15, -0.1) is 0 Å². The normalized spacial score (nSPS) is 12.2. The van der Waals surface area contributed by atoms with Crippen LogP contribution in [0.1, 0.15) is 37.3 Å². The van der Waals surface area contributed by atoms with Gasteiger partial charge in [-0.25, -0.2) is 0 Å². The van der Waals surface area contributed by atoms with Gasteiger partial charge in [-0.2, -0.15) is 0 Å². The van der Waals surface area contributed by atoms with Crippen molar-refractivity contribution >= 4 is 0 Å². The molecular weight excluding hydrogens is 300 g/mol. The fourth-order valence-corrected chi connectivity index (χ4v) is 2.59. The van der Waals surface area contributed by atoms with Crippen molar-refractivity contribution in [3.8, 4) is 17.2 Å². The Morgan fingerprint density at radius 3 is 2.25 bits per heavy atom. The average Bonchev–Trinajstić information content (AvgIpc) is 2.64. The molecule has 2 rings (SSSR count). The predicted octanol–water partition coefficient (Wildman–Crippen LogP) is 5.35. The lowest BCUT2D eigenvalue weighted by molar-refractivity contribution is 0.295. The quantitative estimate of drug-likeness (QED) is 0.612. The molecule has 0 aliphatic rings. The molecule has 0 bridgehead atoms. The van der Waals surface area contributed by atoms with Crippen LogP contribution in [-0.4, -0.2) is 14.2 Å². The second kappa shape index (κ2) is 9.02. The van der Waals surface area contributed by atoms with Crippen LogP contribution in [-0.2, 0) is 6.61 Å². The molecule has 24 heavy (non-hydrogen) atoms. The van der Waals surface area contributed by atoms with E-state index in [-0.39, 0.29) is 0 Å². The average molecular weight is 326 g/mol. The molecule has 3 nitrogen and oxygen atoms in total. The first-order valence-corrected chi connectivity index (χ1v) is 8.23. The third-order valence-corrected chi connectivity index (χ3v) is 4.01. The Balaban J connectivity index is 2.31. The van der Waals surface area contributed by atoms with Gasteiger partial charge in [-0.3, -0.25) is 0 Å². The van der Waals surface area contributed by atoms with Crippen molar-refractivity contribution in [3.63, 3.8) is 0 Å². The summed E-state index contributed by atoms with van der Waals surface area (Å²) in [5, 5.41) is 0. The second-order valence-electron chi connectivity index (χ2n) is 5.73. The van der Waals surface area contributed by atoms with Crippen LogP contribution >= 0.6 is 0 Å². The van der Waals surface area contributed by atoms with Crippen molar-refractivity contribution < 1.29 is 14.2 Å². The van der Waals surface area contributed by atoms with Crippen molar-refractivity contribution in [2.24, 2.45) is 0 Å². The van der Waals surface area contributed by atoms with E-state index in [1.165, 1.54) is 0 Å². The maximum Gasteiger partial charge on any atom is 0.164 e. The van der Waals surface area contributed by atoms with E-state index in [0.29, 0.717) is 18.3 Å². The Bertz CT molecular complexity index is 662. The first-order valence-electron chi connectivity index (χ1n) is 8.23. The van der Waals surface area contributed by atoms with E-state index in [4.69, 9.17) is 14.2 Å². The maximum atomic E-state index is 6.11. The van der Waals surface area contributed by atoms with Gasteiger partial charge in [-0.1, -0.05) is 49.4 Å². The summed E-state index contributed by atoms with van der Waals surface area (Å²) in [6.45, 7) is 4.75. The fourth-order valence-electron chi connectivity index (χ4n) is 2.59. The molecule has 1 unspecified atom stereocenters. The Labute approximate surface area is 144 Å². The topological polar surface area (TPSA) is 27.7 Å². The molecule has 0 heterocycles. The van der Waals surface area contributed by atoms with Gasteiger partial charge in [-0.05, 0) is 30.9 Å². The molecule has 0 radical (unpaired) electrons. The maximum absolute atomic E-state index is 6.11. The molecule has 128 valence electrons. The zero-order valence-corrected chi connectivity index (χ0v) is 14.9. The van der Waals surface area contributed by atoms with Crippen LogP contribution in [0.15, 0.2) is 54.6 Å². The summed E-state index contributed by atoms with van der Waals surface area (Å²) in [4.78, 5) is 0. The number of methoxy groups -OCH3 is 2. The molecule has 0 amide bonds. The van der Waals surface area contributed by atoms with E-state index >= 15 is 0 Å². The summed E-state index contributed by atoms with van der Waals surface area (Å²) in [5.74, 6) is 2.58. The number of benzene rings is 2. The Kier molecular flexibility index (Phi) is 6.74. The first-order chi connectivity index (χ1) is 11.7. The molecule has 1 atom stereocenters. The highest BCUT2D eigenvalue weighted by Gasteiger charge is 2.16. The molecule has 0 N–H and O–H groups in total. The SMILES string of the molecule is C/C=C\CC(C)c1cc(OC)c(OC)cc1OCc1ccccc1. The summed E-state index contributed by atoms with van der Waals surface area (Å²) in [5.41, 5.74) is 2.26. The summed E-state index contributed by atoms with van der Waals surface area (Å²) in [7, 11) is 3.30. The summed E-state index contributed by atoms with van der Waals surface area (Å²) in [6.07, 6.45) is 5.19. The van der Waals surface area contributed by atoms with Crippen LogP contribution in [0.4, 0.5) is 0 Å². The highest BCUT2D eigenvalue weighted by molar-refractivity contribution is 5.52. The molecule has 2 aromatic rings. The number of hydrogen-bond donors (Lipinski definition) is 0. The lowest BCUT2D eigenvalue weighted by Gasteiger charge is -2.19. The van der Waals surface area contributed by atoms with Crippen molar-refractivity contribution in [3.05, 3.63) is 65.7 Å². The van der Waals surface area contributed by atoms with Gasteiger partial charge in [0.1, 0.15) is 12.4 Å². The molecule has 2 aromatic carbocycles. The molecule has 0 aliphatic heterocycles. The van der Waals surface area contributed by atoms with Gasteiger partial charge in [0.25, 0.3) is 0 Å². The Hall–Kier alpha value is -2.42. The van der Waals surface area contributed by atoms with Crippen LogP contribution in [0.3, 0.4) is 0 Å². The predicted molar refractivity (Wildman–Crippen MR) is 98.2 cm³/mol.